The van der Waals surface area contributed by atoms with Gasteiger partial charge in [0.1, 0.15) is 16.2 Å². The Balaban J connectivity index is 1.51. The van der Waals surface area contributed by atoms with Crippen LogP contribution in [-0.2, 0) is 22.4 Å². The van der Waals surface area contributed by atoms with Crippen LogP contribution in [0.15, 0.2) is 11.4 Å². The quantitative estimate of drug-likeness (QED) is 0.607. The molecule has 2 aromatic rings. The molecule has 0 radical (unpaired) electrons. The number of aryl methyl sites for hydroxylation is 2. The van der Waals surface area contributed by atoms with Gasteiger partial charge >= 0.3 is 0 Å². The molecule has 2 atom stereocenters. The number of hydrogen-bond donors (Lipinski definition) is 0. The van der Waals surface area contributed by atoms with Crippen molar-refractivity contribution in [3.63, 3.8) is 0 Å². The minimum absolute atomic E-state index is 0.104. The first-order chi connectivity index (χ1) is 12.1. The fourth-order valence-corrected chi connectivity index (χ4v) is 6.00. The summed E-state index contributed by atoms with van der Waals surface area (Å²) in [5, 5.41) is 2.16. The number of aromatic nitrogens is 2. The van der Waals surface area contributed by atoms with Crippen LogP contribution in [-0.4, -0.2) is 51.8 Å². The van der Waals surface area contributed by atoms with Crippen LogP contribution in [0, 0.1) is 0 Å². The molecule has 4 rings (SSSR count). The van der Waals surface area contributed by atoms with Gasteiger partial charge in [-0.15, -0.1) is 11.3 Å². The Bertz CT molecular complexity index is 782. The number of carbonyl (C=O) groups excluding carboxylic acids is 1. The topological polar surface area (TPSA) is 55.3 Å². The van der Waals surface area contributed by atoms with Crippen molar-refractivity contribution in [2.45, 2.75) is 56.8 Å². The predicted molar refractivity (Wildman–Crippen MR) is 101 cm³/mol. The molecule has 0 spiro atoms. The highest BCUT2D eigenvalue weighted by Crippen LogP contribution is 2.39. The second-order valence-corrected chi connectivity index (χ2v) is 8.96. The molecule has 0 bridgehead atoms. The maximum absolute atomic E-state index is 12.6. The molecule has 0 unspecified atom stereocenters. The highest BCUT2D eigenvalue weighted by atomic mass is 32.2. The van der Waals surface area contributed by atoms with Gasteiger partial charge in [-0.3, -0.25) is 4.79 Å². The molecule has 134 valence electrons. The van der Waals surface area contributed by atoms with E-state index in [2.05, 4.69) is 9.97 Å². The third-order valence-electron chi connectivity index (χ3n) is 4.82. The maximum Gasteiger partial charge on any atom is 0.233 e. The van der Waals surface area contributed by atoms with E-state index < -0.39 is 0 Å². The van der Waals surface area contributed by atoms with Gasteiger partial charge in [0.15, 0.2) is 0 Å². The Labute approximate surface area is 156 Å². The number of hydrogen-bond acceptors (Lipinski definition) is 6. The van der Waals surface area contributed by atoms with Gasteiger partial charge < -0.3 is 9.64 Å². The van der Waals surface area contributed by atoms with E-state index >= 15 is 0 Å². The molecule has 2 aromatic heterocycles. The predicted octanol–water partition coefficient (Wildman–Crippen LogP) is 3.30. The zero-order chi connectivity index (χ0) is 17.4. The molecule has 7 heteroatoms. The molecule has 1 aliphatic carbocycles. The van der Waals surface area contributed by atoms with Crippen molar-refractivity contribution < 1.29 is 9.53 Å². The zero-order valence-electron chi connectivity index (χ0n) is 14.7. The van der Waals surface area contributed by atoms with Gasteiger partial charge in [-0.25, -0.2) is 9.97 Å². The Kier molecular flexibility index (Phi) is 4.97. The van der Waals surface area contributed by atoms with Crippen LogP contribution >= 0.6 is 23.1 Å². The number of rotatable bonds is 3. The van der Waals surface area contributed by atoms with Crippen LogP contribution in [0.2, 0.25) is 0 Å². The molecule has 0 saturated carbocycles. The number of ether oxygens (including phenoxy) is 1. The largest absolute Gasteiger partial charge is 0.372 e. The number of fused-ring (bicyclic) bond motifs is 3. The summed E-state index contributed by atoms with van der Waals surface area (Å²) < 4.78 is 5.72. The van der Waals surface area contributed by atoms with Crippen LogP contribution in [0.1, 0.15) is 37.1 Å². The average Bonchev–Trinajstić information content (AvgIpc) is 2.98. The van der Waals surface area contributed by atoms with E-state index in [9.17, 15) is 4.79 Å². The Hall–Kier alpha value is -1.18. The summed E-state index contributed by atoms with van der Waals surface area (Å²) in [6.07, 6.45) is 6.61. The first-order valence-corrected chi connectivity index (χ1v) is 10.7. The number of amides is 1. The maximum atomic E-state index is 12.6. The van der Waals surface area contributed by atoms with Gasteiger partial charge in [0.05, 0.1) is 18.0 Å². The first kappa shape index (κ1) is 17.2. The van der Waals surface area contributed by atoms with Crippen LogP contribution < -0.4 is 0 Å². The number of nitrogens with zero attached hydrogens (tertiary/aromatic N) is 3. The fourth-order valence-electron chi connectivity index (χ4n) is 3.77. The van der Waals surface area contributed by atoms with E-state index in [1.165, 1.54) is 28.7 Å². The van der Waals surface area contributed by atoms with Crippen molar-refractivity contribution in [3.8, 4) is 0 Å². The van der Waals surface area contributed by atoms with Gasteiger partial charge in [0.25, 0.3) is 0 Å². The summed E-state index contributed by atoms with van der Waals surface area (Å²) in [7, 11) is 0. The van der Waals surface area contributed by atoms with Crippen molar-refractivity contribution in [2.75, 3.05) is 18.8 Å². The molecule has 1 amide bonds. The normalized spacial score (nSPS) is 23.7. The lowest BCUT2D eigenvalue weighted by Crippen LogP contribution is -2.48. The fraction of sp³-hybridized carbons (Fsp3) is 0.611. The summed E-state index contributed by atoms with van der Waals surface area (Å²) in [5.41, 5.74) is 1.43. The van der Waals surface area contributed by atoms with E-state index in [0.717, 1.165) is 22.7 Å². The lowest BCUT2D eigenvalue weighted by molar-refractivity contribution is -0.140. The van der Waals surface area contributed by atoms with Gasteiger partial charge in [-0.05, 0) is 45.1 Å². The van der Waals surface area contributed by atoms with Crippen molar-refractivity contribution in [2.24, 2.45) is 0 Å². The van der Waals surface area contributed by atoms with E-state index in [4.69, 9.17) is 4.74 Å². The summed E-state index contributed by atoms with van der Waals surface area (Å²) in [4.78, 5) is 26.1. The van der Waals surface area contributed by atoms with E-state index in [1.807, 2.05) is 18.7 Å². The van der Waals surface area contributed by atoms with Crippen molar-refractivity contribution in [1.82, 2.24) is 14.9 Å². The highest BCUT2D eigenvalue weighted by Gasteiger charge is 2.26. The first-order valence-electron chi connectivity index (χ1n) is 8.93. The van der Waals surface area contributed by atoms with Crippen LogP contribution in [0.25, 0.3) is 10.2 Å². The van der Waals surface area contributed by atoms with E-state index in [0.29, 0.717) is 18.8 Å². The molecular formula is C18H23N3O2S2. The van der Waals surface area contributed by atoms with Crippen LogP contribution in [0.4, 0.5) is 0 Å². The number of thiophene rings is 1. The molecule has 25 heavy (non-hydrogen) atoms. The number of carbonyl (C=O) groups is 1. The SMILES string of the molecule is C[C@@H]1CN(C(=O)CSc2ncnc3sc4c(c23)CCCC4)C[C@H](C)O1. The van der Waals surface area contributed by atoms with Crippen molar-refractivity contribution >= 4 is 39.2 Å². The number of thioether (sulfide) groups is 1. The molecular weight excluding hydrogens is 354 g/mol. The molecule has 0 N–H and O–H groups in total. The summed E-state index contributed by atoms with van der Waals surface area (Å²) in [6.45, 7) is 5.40. The summed E-state index contributed by atoms with van der Waals surface area (Å²) in [6, 6.07) is 0. The molecule has 1 fully saturated rings. The van der Waals surface area contributed by atoms with E-state index in [-0.39, 0.29) is 18.1 Å². The molecule has 3 heterocycles. The van der Waals surface area contributed by atoms with E-state index in [1.54, 1.807) is 29.4 Å². The zero-order valence-corrected chi connectivity index (χ0v) is 16.3. The van der Waals surface area contributed by atoms with Gasteiger partial charge in [0, 0.05) is 23.4 Å². The van der Waals surface area contributed by atoms with Crippen LogP contribution in [0.5, 0.6) is 0 Å². The minimum atomic E-state index is 0.104. The standard InChI is InChI=1S/C18H23N3O2S2/c1-11-7-21(8-12(2)23-11)15(22)9-24-17-16-13-5-3-4-6-14(13)25-18(16)20-10-19-17/h10-12H,3-9H2,1-2H3/t11-,12+. The average molecular weight is 378 g/mol. The molecule has 1 saturated heterocycles. The molecule has 2 aliphatic rings. The van der Waals surface area contributed by atoms with Crippen molar-refractivity contribution in [1.29, 1.82) is 0 Å². The lowest BCUT2D eigenvalue weighted by atomic mass is 9.97. The monoisotopic (exact) mass is 377 g/mol. The van der Waals surface area contributed by atoms with Gasteiger partial charge in [-0.1, -0.05) is 11.8 Å². The third-order valence-corrected chi connectivity index (χ3v) is 7.00. The summed E-state index contributed by atoms with van der Waals surface area (Å²) in [5.74, 6) is 0.596. The highest BCUT2D eigenvalue weighted by molar-refractivity contribution is 8.00. The number of morpholine rings is 1. The van der Waals surface area contributed by atoms with Crippen molar-refractivity contribution in [3.05, 3.63) is 16.8 Å². The Morgan fingerprint density at radius 3 is 2.84 bits per heavy atom. The lowest BCUT2D eigenvalue weighted by Gasteiger charge is -2.35. The Morgan fingerprint density at radius 2 is 2.04 bits per heavy atom. The minimum Gasteiger partial charge on any atom is -0.372 e. The third kappa shape index (κ3) is 3.55. The summed E-state index contributed by atoms with van der Waals surface area (Å²) >= 11 is 3.36. The van der Waals surface area contributed by atoms with Gasteiger partial charge in [-0.2, -0.15) is 0 Å². The molecule has 1 aliphatic heterocycles. The Morgan fingerprint density at radius 1 is 1.28 bits per heavy atom. The smallest absolute Gasteiger partial charge is 0.233 e. The molecule has 0 aromatic carbocycles. The van der Waals surface area contributed by atoms with Crippen LogP contribution in [0.3, 0.4) is 0 Å². The molecule has 5 nitrogen and oxygen atoms in total. The second kappa shape index (κ2) is 7.21. The second-order valence-electron chi connectivity index (χ2n) is 6.91. The van der Waals surface area contributed by atoms with Gasteiger partial charge in [0.2, 0.25) is 5.91 Å².